The first-order valence-corrected chi connectivity index (χ1v) is 16.3. The van der Waals surface area contributed by atoms with Crippen molar-refractivity contribution in [2.75, 3.05) is 0 Å². The third-order valence-corrected chi connectivity index (χ3v) is 9.53. The molecule has 3 heterocycles. The van der Waals surface area contributed by atoms with Crippen LogP contribution < -0.4 is 0 Å². The summed E-state index contributed by atoms with van der Waals surface area (Å²) in [6, 6.07) is 60.1. The van der Waals surface area contributed by atoms with Crippen LogP contribution in [0.4, 0.5) is 0 Å². The van der Waals surface area contributed by atoms with E-state index in [1.807, 2.05) is 18.2 Å². The number of aromatic nitrogens is 4. The molecule has 4 nitrogen and oxygen atoms in total. The minimum atomic E-state index is 0.698. The van der Waals surface area contributed by atoms with Gasteiger partial charge in [-0.3, -0.25) is 4.57 Å². The lowest BCUT2D eigenvalue weighted by molar-refractivity contribution is 1.05. The van der Waals surface area contributed by atoms with Gasteiger partial charge in [0.15, 0.2) is 5.82 Å². The second kappa shape index (κ2) is 10.5. The lowest BCUT2D eigenvalue weighted by atomic mass is 10.0. The summed E-state index contributed by atoms with van der Waals surface area (Å²) in [5, 5.41) is 7.22. The van der Waals surface area contributed by atoms with Gasteiger partial charge in [0.05, 0.1) is 27.8 Å². The van der Waals surface area contributed by atoms with Gasteiger partial charge in [0, 0.05) is 44.4 Å². The third-order valence-electron chi connectivity index (χ3n) is 9.53. The lowest BCUT2D eigenvalue weighted by Gasteiger charge is -2.13. The molecule has 0 saturated carbocycles. The molecule has 224 valence electrons. The first-order chi connectivity index (χ1) is 23.8. The van der Waals surface area contributed by atoms with Gasteiger partial charge in [0.25, 0.3) is 0 Å². The van der Waals surface area contributed by atoms with Crippen LogP contribution >= 0.6 is 0 Å². The van der Waals surface area contributed by atoms with Crippen molar-refractivity contribution in [1.82, 2.24) is 19.1 Å². The van der Waals surface area contributed by atoms with Crippen molar-refractivity contribution in [3.63, 3.8) is 0 Å². The Morgan fingerprint density at radius 3 is 1.67 bits per heavy atom. The predicted octanol–water partition coefficient (Wildman–Crippen LogP) is 11.2. The fourth-order valence-electron chi connectivity index (χ4n) is 7.40. The largest absolute Gasteiger partial charge is 0.309 e. The Labute approximate surface area is 276 Å². The molecule has 0 spiro atoms. The molecule has 0 unspecified atom stereocenters. The number of hydrogen-bond donors (Lipinski definition) is 0. The van der Waals surface area contributed by atoms with E-state index in [4.69, 9.17) is 9.97 Å². The van der Waals surface area contributed by atoms with E-state index in [0.29, 0.717) is 5.82 Å². The Balaban J connectivity index is 1.25. The van der Waals surface area contributed by atoms with Crippen molar-refractivity contribution in [2.24, 2.45) is 0 Å². The molecule has 0 aliphatic heterocycles. The maximum Gasteiger partial charge on any atom is 0.162 e. The fourth-order valence-corrected chi connectivity index (χ4v) is 7.40. The van der Waals surface area contributed by atoms with E-state index in [-0.39, 0.29) is 0 Å². The summed E-state index contributed by atoms with van der Waals surface area (Å²) < 4.78 is 4.68. The molecule has 0 saturated heterocycles. The Hall–Kier alpha value is -6.52. The van der Waals surface area contributed by atoms with Crippen molar-refractivity contribution < 1.29 is 0 Å². The van der Waals surface area contributed by atoms with Crippen molar-refractivity contribution in [2.45, 2.75) is 0 Å². The van der Waals surface area contributed by atoms with Crippen LogP contribution in [-0.4, -0.2) is 19.1 Å². The van der Waals surface area contributed by atoms with Crippen LogP contribution in [0.15, 0.2) is 170 Å². The summed E-state index contributed by atoms with van der Waals surface area (Å²) in [5.74, 6) is 1.53. The molecular weight excluding hydrogens is 585 g/mol. The molecule has 0 aliphatic rings. The van der Waals surface area contributed by atoms with Gasteiger partial charge in [-0.2, -0.15) is 0 Å². The monoisotopic (exact) mass is 612 g/mol. The van der Waals surface area contributed by atoms with Crippen molar-refractivity contribution >= 4 is 54.4 Å². The quantitative estimate of drug-likeness (QED) is 0.198. The van der Waals surface area contributed by atoms with Crippen LogP contribution in [0.5, 0.6) is 0 Å². The van der Waals surface area contributed by atoms with Gasteiger partial charge in [-0.1, -0.05) is 127 Å². The molecule has 48 heavy (non-hydrogen) atoms. The van der Waals surface area contributed by atoms with Gasteiger partial charge < -0.3 is 4.57 Å². The standard InChI is InChI=1S/C44H28N4/c1-2-14-30(15-3-1)44-45-38(33-21-12-16-29-13-4-5-17-32(29)33)28-43(46-44)48-41-24-11-8-20-36(41)37-27-31(25-26-42(37)48)47-39-22-9-6-18-34(39)35-19-7-10-23-40(35)47/h1-28H. The number of hydrogen-bond acceptors (Lipinski definition) is 2. The zero-order valence-corrected chi connectivity index (χ0v) is 26.0. The van der Waals surface area contributed by atoms with Crippen LogP contribution in [0.25, 0.3) is 88.5 Å². The van der Waals surface area contributed by atoms with Gasteiger partial charge in [0.2, 0.25) is 0 Å². The molecule has 0 amide bonds. The van der Waals surface area contributed by atoms with Gasteiger partial charge in [0.1, 0.15) is 5.82 Å². The molecule has 0 aliphatic carbocycles. The van der Waals surface area contributed by atoms with Crippen LogP contribution in [0.1, 0.15) is 0 Å². The summed E-state index contributed by atoms with van der Waals surface area (Å²) in [5.41, 5.74) is 8.69. The average molecular weight is 613 g/mol. The molecule has 10 aromatic rings. The van der Waals surface area contributed by atoms with Gasteiger partial charge in [-0.15, -0.1) is 0 Å². The van der Waals surface area contributed by atoms with Gasteiger partial charge >= 0.3 is 0 Å². The molecule has 0 N–H and O–H groups in total. The SMILES string of the molecule is c1ccc(-c2nc(-c3cccc4ccccc34)cc(-n3c4ccccc4c4cc(-n5c6ccccc6c6ccccc65)ccc43)n2)cc1. The summed E-state index contributed by atoms with van der Waals surface area (Å²) in [7, 11) is 0. The van der Waals surface area contributed by atoms with Gasteiger partial charge in [-0.05, 0) is 47.2 Å². The highest BCUT2D eigenvalue weighted by atomic mass is 15.1. The summed E-state index contributed by atoms with van der Waals surface area (Å²) in [6.07, 6.45) is 0. The summed E-state index contributed by atoms with van der Waals surface area (Å²) >= 11 is 0. The highest BCUT2D eigenvalue weighted by Crippen LogP contribution is 2.38. The lowest BCUT2D eigenvalue weighted by Crippen LogP contribution is -2.03. The van der Waals surface area contributed by atoms with Crippen LogP contribution in [-0.2, 0) is 0 Å². The van der Waals surface area contributed by atoms with Crippen molar-refractivity contribution in [3.05, 3.63) is 170 Å². The zero-order valence-electron chi connectivity index (χ0n) is 26.0. The first kappa shape index (κ1) is 26.7. The predicted molar refractivity (Wildman–Crippen MR) is 199 cm³/mol. The molecule has 0 bridgehead atoms. The molecule has 4 heteroatoms. The highest BCUT2D eigenvalue weighted by Gasteiger charge is 2.19. The molecular formula is C44H28N4. The van der Waals surface area contributed by atoms with Crippen LogP contribution in [0.2, 0.25) is 0 Å². The van der Waals surface area contributed by atoms with Crippen molar-refractivity contribution in [3.8, 4) is 34.2 Å². The highest BCUT2D eigenvalue weighted by molar-refractivity contribution is 6.12. The van der Waals surface area contributed by atoms with E-state index in [9.17, 15) is 0 Å². The zero-order chi connectivity index (χ0) is 31.6. The molecule has 0 radical (unpaired) electrons. The summed E-state index contributed by atoms with van der Waals surface area (Å²) in [4.78, 5) is 10.4. The molecule has 0 fully saturated rings. The van der Waals surface area contributed by atoms with Gasteiger partial charge in [-0.25, -0.2) is 9.97 Å². The van der Waals surface area contributed by atoms with Crippen molar-refractivity contribution in [1.29, 1.82) is 0 Å². The normalized spacial score (nSPS) is 11.8. The molecule has 3 aromatic heterocycles. The van der Waals surface area contributed by atoms with Crippen LogP contribution in [0.3, 0.4) is 0 Å². The minimum Gasteiger partial charge on any atom is -0.309 e. The Kier molecular flexibility index (Phi) is 5.84. The second-order valence-corrected chi connectivity index (χ2v) is 12.3. The van der Waals surface area contributed by atoms with E-state index in [1.54, 1.807) is 0 Å². The van der Waals surface area contributed by atoms with Crippen LogP contribution in [0, 0.1) is 0 Å². The number of rotatable bonds is 4. The Morgan fingerprint density at radius 1 is 0.375 bits per heavy atom. The van der Waals surface area contributed by atoms with E-state index >= 15 is 0 Å². The Bertz CT molecular complexity index is 2780. The number of fused-ring (bicyclic) bond motifs is 7. The van der Waals surface area contributed by atoms with E-state index in [1.165, 1.54) is 43.4 Å². The third kappa shape index (κ3) is 4.03. The smallest absolute Gasteiger partial charge is 0.162 e. The topological polar surface area (TPSA) is 35.6 Å². The minimum absolute atomic E-state index is 0.698. The maximum absolute atomic E-state index is 5.25. The molecule has 7 aromatic carbocycles. The Morgan fingerprint density at radius 2 is 0.938 bits per heavy atom. The maximum atomic E-state index is 5.25. The number of nitrogens with zero attached hydrogens (tertiary/aromatic N) is 4. The second-order valence-electron chi connectivity index (χ2n) is 12.3. The number of para-hydroxylation sites is 3. The first-order valence-electron chi connectivity index (χ1n) is 16.3. The number of benzene rings is 7. The van der Waals surface area contributed by atoms with E-state index in [2.05, 4.69) is 161 Å². The molecule has 0 atom stereocenters. The fraction of sp³-hybridized carbons (Fsp3) is 0. The summed E-state index contributed by atoms with van der Waals surface area (Å²) in [6.45, 7) is 0. The van der Waals surface area contributed by atoms with E-state index < -0.39 is 0 Å². The van der Waals surface area contributed by atoms with E-state index in [0.717, 1.165) is 39.4 Å². The average Bonchev–Trinajstić information content (AvgIpc) is 3.67. The molecule has 10 rings (SSSR count).